The van der Waals surface area contributed by atoms with E-state index in [1.807, 2.05) is 13.8 Å². The molecule has 0 aromatic heterocycles. The quantitative estimate of drug-likeness (QED) is 0.681. The van der Waals surface area contributed by atoms with E-state index < -0.39 is 16.1 Å². The first-order valence-electron chi connectivity index (χ1n) is 5.95. The first-order valence-corrected chi connectivity index (χ1v) is 8.22. The van der Waals surface area contributed by atoms with Gasteiger partial charge in [0.05, 0.1) is 11.0 Å². The van der Waals surface area contributed by atoms with Crippen LogP contribution < -0.4 is 10.5 Å². The zero-order chi connectivity index (χ0) is 14.6. The monoisotopic (exact) mass is 350 g/mol. The molecular formula is C12H19BrN2O3S. The topological polar surface area (TPSA) is 92.4 Å². The van der Waals surface area contributed by atoms with Gasteiger partial charge in [0, 0.05) is 16.7 Å². The molecule has 0 saturated heterocycles. The highest BCUT2D eigenvalue weighted by molar-refractivity contribution is 9.10. The van der Waals surface area contributed by atoms with E-state index in [4.69, 9.17) is 5.73 Å². The van der Waals surface area contributed by atoms with Crippen molar-refractivity contribution in [3.8, 4) is 0 Å². The number of halogens is 1. The minimum Gasteiger partial charge on any atom is -0.399 e. The van der Waals surface area contributed by atoms with Crippen LogP contribution in [-0.4, -0.2) is 26.2 Å². The molecule has 1 aromatic carbocycles. The van der Waals surface area contributed by atoms with Crippen LogP contribution >= 0.6 is 15.9 Å². The third kappa shape index (κ3) is 5.10. The molecular weight excluding hydrogens is 332 g/mol. The summed E-state index contributed by atoms with van der Waals surface area (Å²) >= 11 is 3.18. The van der Waals surface area contributed by atoms with Crippen molar-refractivity contribution in [3.05, 3.63) is 22.7 Å². The summed E-state index contributed by atoms with van der Waals surface area (Å²) in [6.45, 7) is 3.92. The van der Waals surface area contributed by atoms with Crippen LogP contribution in [0.2, 0.25) is 0 Å². The highest BCUT2D eigenvalue weighted by Crippen LogP contribution is 2.24. The number of hydrogen-bond donors (Lipinski definition) is 3. The van der Waals surface area contributed by atoms with Crippen molar-refractivity contribution >= 4 is 31.6 Å². The number of sulfonamides is 1. The van der Waals surface area contributed by atoms with Crippen molar-refractivity contribution in [1.29, 1.82) is 0 Å². The first-order chi connectivity index (χ1) is 8.72. The maximum Gasteiger partial charge on any atom is 0.241 e. The summed E-state index contributed by atoms with van der Waals surface area (Å²) in [4.78, 5) is 0.0734. The summed E-state index contributed by atoms with van der Waals surface area (Å²) in [6, 6.07) is 4.56. The summed E-state index contributed by atoms with van der Waals surface area (Å²) < 4.78 is 27.0. The minimum atomic E-state index is -3.68. The van der Waals surface area contributed by atoms with Gasteiger partial charge in [0.2, 0.25) is 10.0 Å². The molecule has 108 valence electrons. The normalized spacial score (nSPS) is 13.7. The second kappa shape index (κ2) is 6.69. The number of aliphatic hydroxyl groups excluding tert-OH is 1. The zero-order valence-electron chi connectivity index (χ0n) is 10.9. The van der Waals surface area contributed by atoms with Crippen molar-refractivity contribution in [2.24, 2.45) is 5.92 Å². The molecule has 0 heterocycles. The average molecular weight is 351 g/mol. The lowest BCUT2D eigenvalue weighted by Gasteiger charge is -2.14. The Hall–Kier alpha value is -0.630. The number of nitrogens with two attached hydrogens (primary N) is 1. The number of benzene rings is 1. The molecule has 0 aliphatic carbocycles. The van der Waals surface area contributed by atoms with E-state index in [1.165, 1.54) is 6.07 Å². The van der Waals surface area contributed by atoms with Crippen molar-refractivity contribution in [3.63, 3.8) is 0 Å². The Morgan fingerprint density at radius 2 is 2.05 bits per heavy atom. The fourth-order valence-corrected chi connectivity index (χ4v) is 3.71. The summed E-state index contributed by atoms with van der Waals surface area (Å²) in [7, 11) is -3.68. The summed E-state index contributed by atoms with van der Waals surface area (Å²) in [5.41, 5.74) is 5.95. The van der Waals surface area contributed by atoms with Crippen LogP contribution in [0.4, 0.5) is 5.69 Å². The number of nitrogens with one attached hydrogen (secondary N) is 1. The van der Waals surface area contributed by atoms with E-state index in [1.54, 1.807) is 12.1 Å². The van der Waals surface area contributed by atoms with E-state index in [0.717, 1.165) is 0 Å². The van der Waals surface area contributed by atoms with Gasteiger partial charge in [0.15, 0.2) is 0 Å². The molecule has 7 heteroatoms. The summed E-state index contributed by atoms with van der Waals surface area (Å²) in [6.07, 6.45) is -0.157. The molecule has 1 unspecified atom stereocenters. The number of nitrogen functional groups attached to an aromatic ring is 1. The predicted octanol–water partition coefficient (Wildman–Crippen LogP) is 1.72. The number of anilines is 1. The average Bonchev–Trinajstić information content (AvgIpc) is 2.29. The van der Waals surface area contributed by atoms with Crippen molar-refractivity contribution < 1.29 is 13.5 Å². The van der Waals surface area contributed by atoms with E-state index in [2.05, 4.69) is 20.7 Å². The van der Waals surface area contributed by atoms with Crippen molar-refractivity contribution in [1.82, 2.24) is 4.72 Å². The van der Waals surface area contributed by atoms with Crippen LogP contribution in [0.25, 0.3) is 0 Å². The van der Waals surface area contributed by atoms with Gasteiger partial charge in [0.25, 0.3) is 0 Å². The van der Waals surface area contributed by atoms with E-state index >= 15 is 0 Å². The van der Waals surface area contributed by atoms with E-state index in [-0.39, 0.29) is 11.4 Å². The molecule has 4 N–H and O–H groups in total. The number of aliphatic hydroxyl groups is 1. The molecule has 19 heavy (non-hydrogen) atoms. The van der Waals surface area contributed by atoms with Crippen LogP contribution in [0, 0.1) is 5.92 Å². The molecule has 0 aliphatic heterocycles. The standard InChI is InChI=1S/C12H19BrN2O3S/c1-8(2)5-10(16)7-15-19(17,18)12-6-9(14)3-4-11(12)13/h3-4,6,8,10,15-16H,5,7,14H2,1-2H3. The molecule has 1 atom stereocenters. The van der Waals surface area contributed by atoms with Crippen LogP contribution in [0.15, 0.2) is 27.6 Å². The van der Waals surface area contributed by atoms with Gasteiger partial charge in [-0.05, 0) is 46.5 Å². The SMILES string of the molecule is CC(C)CC(O)CNS(=O)(=O)c1cc(N)ccc1Br. The molecule has 0 aliphatic rings. The zero-order valence-corrected chi connectivity index (χ0v) is 13.3. The maximum atomic E-state index is 12.1. The highest BCUT2D eigenvalue weighted by Gasteiger charge is 2.19. The largest absolute Gasteiger partial charge is 0.399 e. The molecule has 5 nitrogen and oxygen atoms in total. The van der Waals surface area contributed by atoms with E-state index in [0.29, 0.717) is 22.5 Å². The molecule has 1 rings (SSSR count). The second-order valence-electron chi connectivity index (χ2n) is 4.83. The van der Waals surface area contributed by atoms with Gasteiger partial charge in [0.1, 0.15) is 0 Å². The van der Waals surface area contributed by atoms with E-state index in [9.17, 15) is 13.5 Å². The number of hydrogen-bond acceptors (Lipinski definition) is 4. The minimum absolute atomic E-state index is 0.0122. The lowest BCUT2D eigenvalue weighted by atomic mass is 10.1. The summed E-state index contributed by atoms with van der Waals surface area (Å²) in [5.74, 6) is 0.304. The molecule has 0 amide bonds. The van der Waals surface area contributed by atoms with Gasteiger partial charge in [-0.3, -0.25) is 0 Å². The Morgan fingerprint density at radius 3 is 2.63 bits per heavy atom. The predicted molar refractivity (Wildman–Crippen MR) is 79.2 cm³/mol. The number of rotatable bonds is 6. The van der Waals surface area contributed by atoms with Gasteiger partial charge in [-0.25, -0.2) is 13.1 Å². The Morgan fingerprint density at radius 1 is 1.42 bits per heavy atom. The fourth-order valence-electron chi connectivity index (χ4n) is 1.64. The Balaban J connectivity index is 2.79. The van der Waals surface area contributed by atoms with Crippen molar-refractivity contribution in [2.75, 3.05) is 12.3 Å². The van der Waals surface area contributed by atoms with Crippen LogP contribution in [0.1, 0.15) is 20.3 Å². The lowest BCUT2D eigenvalue weighted by molar-refractivity contribution is 0.152. The van der Waals surface area contributed by atoms with Crippen LogP contribution in [0.3, 0.4) is 0 Å². The second-order valence-corrected chi connectivity index (χ2v) is 7.41. The van der Waals surface area contributed by atoms with Gasteiger partial charge in [-0.1, -0.05) is 13.8 Å². The van der Waals surface area contributed by atoms with Gasteiger partial charge in [-0.15, -0.1) is 0 Å². The molecule has 0 fully saturated rings. The Labute approximate surface area is 122 Å². The van der Waals surface area contributed by atoms with Gasteiger partial charge < -0.3 is 10.8 Å². The van der Waals surface area contributed by atoms with Gasteiger partial charge >= 0.3 is 0 Å². The lowest BCUT2D eigenvalue weighted by Crippen LogP contribution is -2.33. The first kappa shape index (κ1) is 16.4. The van der Waals surface area contributed by atoms with Crippen LogP contribution in [0.5, 0.6) is 0 Å². The Bertz CT molecular complexity index is 532. The molecule has 0 saturated carbocycles. The molecule has 0 bridgehead atoms. The third-order valence-corrected chi connectivity index (χ3v) is 4.91. The maximum absolute atomic E-state index is 12.1. The van der Waals surface area contributed by atoms with Gasteiger partial charge in [-0.2, -0.15) is 0 Å². The molecule has 1 aromatic rings. The van der Waals surface area contributed by atoms with Crippen LogP contribution in [-0.2, 0) is 10.0 Å². The molecule has 0 radical (unpaired) electrons. The summed E-state index contributed by atoms with van der Waals surface area (Å²) in [5, 5.41) is 9.69. The fraction of sp³-hybridized carbons (Fsp3) is 0.500. The smallest absolute Gasteiger partial charge is 0.241 e. The van der Waals surface area contributed by atoms with Crippen molar-refractivity contribution in [2.45, 2.75) is 31.3 Å². The molecule has 0 spiro atoms. The third-order valence-electron chi connectivity index (χ3n) is 2.50. The highest BCUT2D eigenvalue weighted by atomic mass is 79.9. The Kier molecular flexibility index (Phi) is 5.79.